The van der Waals surface area contributed by atoms with Crippen molar-refractivity contribution in [1.82, 2.24) is 25.0 Å². The van der Waals surface area contributed by atoms with Crippen LogP contribution in [0.15, 0.2) is 18.3 Å². The zero-order valence-electron chi connectivity index (χ0n) is 14.6. The Morgan fingerprint density at radius 1 is 1.07 bits per heavy atom. The molecule has 3 rings (SSSR count). The molecule has 1 aliphatic rings. The first-order chi connectivity index (χ1) is 12.2. The van der Waals surface area contributed by atoms with Gasteiger partial charge in [-0.3, -0.25) is 4.84 Å². The summed E-state index contributed by atoms with van der Waals surface area (Å²) in [5.41, 5.74) is 1.35. The Bertz CT molecular complexity index is 815. The Hall–Kier alpha value is -2.17. The van der Waals surface area contributed by atoms with Crippen molar-refractivity contribution in [1.29, 1.82) is 0 Å². The van der Waals surface area contributed by atoms with Crippen molar-refractivity contribution in [2.75, 3.05) is 27.2 Å². The molecule has 0 unspecified atom stereocenters. The molecule has 3 heterocycles. The molecule has 27 heavy (non-hydrogen) atoms. The average molecular weight is 420 g/mol. The standard InChI is InChI=1S/C13H19N6O.F6P/c1-17(2)13(18-9-4-3-5-10-18)20-19-12-11(15-16-19)7-6-8-14-12;1-7(2,3,4,5)6/h6-8H,3-5,9-10H2,1-2H3;/q+1;-1. The van der Waals surface area contributed by atoms with E-state index in [1.807, 2.05) is 30.8 Å². The number of amidine groups is 1. The third-order valence-corrected chi connectivity index (χ3v) is 3.36. The van der Waals surface area contributed by atoms with Crippen LogP contribution in [0.3, 0.4) is 0 Å². The van der Waals surface area contributed by atoms with Gasteiger partial charge in [-0.15, -0.1) is 5.10 Å². The number of pyridine rings is 1. The summed E-state index contributed by atoms with van der Waals surface area (Å²) < 4.78 is 61.2. The number of halogens is 6. The number of piperidine rings is 1. The fraction of sp³-hybridized carbons (Fsp3) is 0.538. The summed E-state index contributed by atoms with van der Waals surface area (Å²) in [7, 11) is -6.72. The summed E-state index contributed by atoms with van der Waals surface area (Å²) >= 11 is 0. The summed E-state index contributed by atoms with van der Waals surface area (Å²) in [5, 5.41) is 8.07. The van der Waals surface area contributed by atoms with Crippen LogP contribution in [0.1, 0.15) is 19.3 Å². The van der Waals surface area contributed by atoms with E-state index < -0.39 is 7.81 Å². The molecule has 7 nitrogen and oxygen atoms in total. The summed E-state index contributed by atoms with van der Waals surface area (Å²) in [6, 6.07) is 4.48. The van der Waals surface area contributed by atoms with Gasteiger partial charge >= 0.3 is 39.0 Å². The van der Waals surface area contributed by atoms with Gasteiger partial charge in [0.05, 0.1) is 27.2 Å². The van der Waals surface area contributed by atoms with Crippen molar-refractivity contribution in [3.63, 3.8) is 0 Å². The van der Waals surface area contributed by atoms with Gasteiger partial charge in [-0.1, -0.05) is 0 Å². The molecule has 1 fully saturated rings. The van der Waals surface area contributed by atoms with Crippen LogP contribution in [-0.4, -0.2) is 62.8 Å². The molecule has 0 radical (unpaired) electrons. The predicted octanol–water partition coefficient (Wildman–Crippen LogP) is 3.75. The molecule has 14 heteroatoms. The number of rotatable bonds is 1. The van der Waals surface area contributed by atoms with Crippen LogP contribution in [0.4, 0.5) is 25.2 Å². The molecular formula is C13H19F6N6OP. The topological polar surface area (TPSA) is 59.1 Å². The molecule has 1 saturated heterocycles. The van der Waals surface area contributed by atoms with Gasteiger partial charge in [0, 0.05) is 6.20 Å². The van der Waals surface area contributed by atoms with E-state index in [-0.39, 0.29) is 0 Å². The van der Waals surface area contributed by atoms with Crippen LogP contribution in [0.25, 0.3) is 11.2 Å². The molecular weight excluding hydrogens is 401 g/mol. The van der Waals surface area contributed by atoms with E-state index in [2.05, 4.69) is 20.2 Å². The quantitative estimate of drug-likeness (QED) is 0.231. The summed E-state index contributed by atoms with van der Waals surface area (Å²) in [4.78, 5) is 13.8. The van der Waals surface area contributed by atoms with Crippen LogP contribution in [-0.2, 0) is 0 Å². The van der Waals surface area contributed by atoms with Crippen LogP contribution in [0.5, 0.6) is 0 Å². The maximum atomic E-state index is 9.87. The first kappa shape index (κ1) is 21.1. The van der Waals surface area contributed by atoms with E-state index in [4.69, 9.17) is 4.84 Å². The number of hydrogen-bond acceptors (Lipinski definition) is 4. The van der Waals surface area contributed by atoms with Gasteiger partial charge in [-0.05, 0) is 41.5 Å². The molecule has 0 spiro atoms. The van der Waals surface area contributed by atoms with Crippen molar-refractivity contribution in [3.05, 3.63) is 18.3 Å². The Balaban J connectivity index is 0.000000321. The number of fused-ring (bicyclic) bond motifs is 1. The van der Waals surface area contributed by atoms with Gasteiger partial charge in [0.15, 0.2) is 0 Å². The van der Waals surface area contributed by atoms with Gasteiger partial charge in [-0.25, -0.2) is 14.5 Å². The van der Waals surface area contributed by atoms with Gasteiger partial charge in [0.1, 0.15) is 5.52 Å². The van der Waals surface area contributed by atoms with E-state index >= 15 is 0 Å². The Labute approximate surface area is 150 Å². The van der Waals surface area contributed by atoms with Crippen molar-refractivity contribution in [2.45, 2.75) is 19.3 Å². The summed E-state index contributed by atoms with van der Waals surface area (Å²) in [6.07, 6.45) is 5.38. The zero-order valence-corrected chi connectivity index (χ0v) is 15.5. The molecule has 0 aliphatic carbocycles. The second-order valence-electron chi connectivity index (χ2n) is 6.08. The van der Waals surface area contributed by atoms with Crippen molar-refractivity contribution >= 4 is 25.0 Å². The number of aromatic nitrogens is 4. The van der Waals surface area contributed by atoms with Gasteiger partial charge in [0.25, 0.3) is 0 Å². The molecule has 2 aromatic rings. The van der Waals surface area contributed by atoms with E-state index in [9.17, 15) is 25.2 Å². The van der Waals surface area contributed by atoms with E-state index in [1.54, 1.807) is 6.20 Å². The average Bonchev–Trinajstić information content (AvgIpc) is 2.93. The first-order valence-corrected chi connectivity index (χ1v) is 9.94. The third kappa shape index (κ3) is 7.94. The van der Waals surface area contributed by atoms with Crippen molar-refractivity contribution in [3.8, 4) is 0 Å². The van der Waals surface area contributed by atoms with Crippen LogP contribution >= 0.6 is 7.81 Å². The van der Waals surface area contributed by atoms with E-state index in [0.29, 0.717) is 5.65 Å². The van der Waals surface area contributed by atoms with Crippen LogP contribution in [0, 0.1) is 0 Å². The normalized spacial score (nSPS) is 17.4. The van der Waals surface area contributed by atoms with E-state index in [1.165, 1.54) is 24.1 Å². The first-order valence-electron chi connectivity index (χ1n) is 7.91. The molecule has 0 atom stereocenters. The third-order valence-electron chi connectivity index (χ3n) is 3.36. The van der Waals surface area contributed by atoms with Gasteiger partial charge in [0.2, 0.25) is 5.65 Å². The number of likely N-dealkylation sites (tertiary alicyclic amines) is 1. The molecule has 0 aromatic carbocycles. The fourth-order valence-electron chi connectivity index (χ4n) is 2.39. The number of hydrogen-bond donors (Lipinski definition) is 0. The second-order valence-corrected chi connectivity index (χ2v) is 8.00. The zero-order chi connectivity index (χ0) is 20.4. The summed E-state index contributed by atoms with van der Waals surface area (Å²) in [6.45, 7) is 2.02. The van der Waals surface area contributed by atoms with E-state index in [0.717, 1.165) is 24.6 Å². The maximum absolute atomic E-state index is 10.7. The second kappa shape index (κ2) is 6.77. The summed E-state index contributed by atoms with van der Waals surface area (Å²) in [5.74, 6) is 0. The monoisotopic (exact) mass is 420 g/mol. The molecule has 2 aromatic heterocycles. The van der Waals surface area contributed by atoms with Crippen LogP contribution < -0.4 is 4.84 Å². The van der Waals surface area contributed by atoms with Gasteiger partial charge < -0.3 is 0 Å². The Morgan fingerprint density at radius 3 is 2.22 bits per heavy atom. The molecule has 154 valence electrons. The van der Waals surface area contributed by atoms with Crippen LogP contribution in [0.2, 0.25) is 0 Å². The van der Waals surface area contributed by atoms with Gasteiger partial charge in [-0.2, -0.15) is 0 Å². The molecule has 0 N–H and O–H groups in total. The minimum atomic E-state index is -10.7. The van der Waals surface area contributed by atoms with Crippen molar-refractivity contribution in [2.24, 2.45) is 0 Å². The fourth-order valence-corrected chi connectivity index (χ4v) is 2.39. The SMILES string of the molecule is C[N+](C)=C(On1nnc2cccnc21)N1CCCCC1.F[P-](F)(F)(F)(F)F. The number of nitrogens with zero attached hydrogens (tertiary/aromatic N) is 6. The minimum absolute atomic E-state index is 0.629. The molecule has 0 amide bonds. The van der Waals surface area contributed by atoms with Crippen molar-refractivity contribution < 1.29 is 34.6 Å². The molecule has 0 bridgehead atoms. The predicted molar refractivity (Wildman–Crippen MR) is 88.0 cm³/mol. The molecule has 0 saturated carbocycles. The molecule has 1 aliphatic heterocycles. The Kier molecular flexibility index (Phi) is 5.30. The Morgan fingerprint density at radius 2 is 1.67 bits per heavy atom.